The van der Waals surface area contributed by atoms with Crippen LogP contribution in [0.1, 0.15) is 40.7 Å². The highest BCUT2D eigenvalue weighted by Gasteiger charge is 2.29. The van der Waals surface area contributed by atoms with Crippen LogP contribution in [-0.4, -0.2) is 31.5 Å². The monoisotopic (exact) mass is 393 g/mol. The Balaban J connectivity index is 1.87. The van der Waals surface area contributed by atoms with Gasteiger partial charge >= 0.3 is 0 Å². The second kappa shape index (κ2) is 9.37. The van der Waals surface area contributed by atoms with E-state index >= 15 is 0 Å². The molecule has 0 radical (unpaired) electrons. The molecule has 1 aliphatic carbocycles. The Hall–Kier alpha value is -3.15. The van der Waals surface area contributed by atoms with Gasteiger partial charge < -0.3 is 15.0 Å². The summed E-state index contributed by atoms with van der Waals surface area (Å²) in [5, 5.41) is 11.0. The standard InChI is InChI=1S/C23H27N3O3/c1-15-7-5-9-18(13-15)21(17-11-12-17)26-29-14-20-16(2)8-6-10-19(20)22(25-28-4)23(27)24-3/h5-10,13,17H,11-12,14H2,1-4H3,(H,24,27)/b25-22+,26-21+. The van der Waals surface area contributed by atoms with E-state index in [4.69, 9.17) is 9.68 Å². The molecule has 0 heterocycles. The number of benzene rings is 2. The van der Waals surface area contributed by atoms with Gasteiger partial charge in [-0.3, -0.25) is 4.79 Å². The fourth-order valence-corrected chi connectivity index (χ4v) is 3.23. The predicted octanol–water partition coefficient (Wildman–Crippen LogP) is 3.73. The summed E-state index contributed by atoms with van der Waals surface area (Å²) in [6, 6.07) is 14.0. The van der Waals surface area contributed by atoms with E-state index in [1.807, 2.05) is 31.2 Å². The maximum absolute atomic E-state index is 12.3. The number of amides is 1. The highest BCUT2D eigenvalue weighted by atomic mass is 16.6. The number of hydrogen-bond donors (Lipinski definition) is 1. The van der Waals surface area contributed by atoms with Gasteiger partial charge in [-0.15, -0.1) is 0 Å². The van der Waals surface area contributed by atoms with Gasteiger partial charge in [-0.05, 0) is 37.8 Å². The van der Waals surface area contributed by atoms with Crippen LogP contribution in [0.5, 0.6) is 0 Å². The van der Waals surface area contributed by atoms with Crippen molar-refractivity contribution in [1.82, 2.24) is 5.32 Å². The number of nitrogens with zero attached hydrogens (tertiary/aromatic N) is 2. The molecule has 1 N–H and O–H groups in total. The third kappa shape index (κ3) is 5.02. The molecule has 1 aliphatic rings. The Labute approximate surface area is 171 Å². The van der Waals surface area contributed by atoms with Crippen LogP contribution in [0.4, 0.5) is 0 Å². The molecule has 29 heavy (non-hydrogen) atoms. The van der Waals surface area contributed by atoms with Crippen LogP contribution in [0.2, 0.25) is 0 Å². The topological polar surface area (TPSA) is 72.3 Å². The van der Waals surface area contributed by atoms with Crippen LogP contribution in [0.3, 0.4) is 0 Å². The fourth-order valence-electron chi connectivity index (χ4n) is 3.23. The smallest absolute Gasteiger partial charge is 0.273 e. The maximum Gasteiger partial charge on any atom is 0.273 e. The van der Waals surface area contributed by atoms with E-state index in [1.165, 1.54) is 12.7 Å². The molecule has 6 heteroatoms. The first-order valence-electron chi connectivity index (χ1n) is 9.74. The van der Waals surface area contributed by atoms with Crippen molar-refractivity contribution < 1.29 is 14.5 Å². The van der Waals surface area contributed by atoms with Crippen molar-refractivity contribution in [3.63, 3.8) is 0 Å². The van der Waals surface area contributed by atoms with Gasteiger partial charge in [-0.25, -0.2) is 0 Å². The number of rotatable bonds is 8. The third-order valence-corrected chi connectivity index (χ3v) is 4.94. The average molecular weight is 393 g/mol. The van der Waals surface area contributed by atoms with E-state index in [2.05, 4.69) is 40.8 Å². The minimum Gasteiger partial charge on any atom is -0.398 e. The molecule has 0 aliphatic heterocycles. The molecule has 0 saturated heterocycles. The summed E-state index contributed by atoms with van der Waals surface area (Å²) in [6.45, 7) is 4.29. The minimum atomic E-state index is -0.319. The summed E-state index contributed by atoms with van der Waals surface area (Å²) >= 11 is 0. The van der Waals surface area contributed by atoms with Gasteiger partial charge in [-0.2, -0.15) is 0 Å². The number of nitrogens with one attached hydrogen (secondary N) is 1. The van der Waals surface area contributed by atoms with Gasteiger partial charge in [0.15, 0.2) is 5.71 Å². The summed E-state index contributed by atoms with van der Waals surface area (Å²) in [5.41, 5.74) is 6.02. The maximum atomic E-state index is 12.3. The lowest BCUT2D eigenvalue weighted by Gasteiger charge is -2.13. The van der Waals surface area contributed by atoms with Crippen molar-refractivity contribution in [2.75, 3.05) is 14.2 Å². The van der Waals surface area contributed by atoms with Crippen LogP contribution in [0.15, 0.2) is 52.8 Å². The Morgan fingerprint density at radius 3 is 2.55 bits per heavy atom. The number of hydrogen-bond acceptors (Lipinski definition) is 5. The average Bonchev–Trinajstić information content (AvgIpc) is 3.55. The van der Waals surface area contributed by atoms with Crippen molar-refractivity contribution in [3.05, 3.63) is 70.3 Å². The highest BCUT2D eigenvalue weighted by Crippen LogP contribution is 2.33. The van der Waals surface area contributed by atoms with Gasteiger partial charge in [0.25, 0.3) is 5.91 Å². The van der Waals surface area contributed by atoms with Crippen LogP contribution in [0, 0.1) is 19.8 Å². The molecule has 2 aromatic rings. The number of likely N-dealkylation sites (N-methyl/N-ethyl adjacent to an activating group) is 1. The van der Waals surface area contributed by atoms with E-state index in [9.17, 15) is 4.79 Å². The largest absolute Gasteiger partial charge is 0.398 e. The van der Waals surface area contributed by atoms with Crippen molar-refractivity contribution in [1.29, 1.82) is 0 Å². The number of aryl methyl sites for hydroxylation is 2. The van der Waals surface area contributed by atoms with E-state index in [1.54, 1.807) is 7.05 Å². The highest BCUT2D eigenvalue weighted by molar-refractivity contribution is 6.45. The molecule has 0 aromatic heterocycles. The minimum absolute atomic E-state index is 0.211. The van der Waals surface area contributed by atoms with Gasteiger partial charge in [0, 0.05) is 24.1 Å². The molecule has 1 amide bonds. The molecule has 1 saturated carbocycles. The summed E-state index contributed by atoms with van der Waals surface area (Å²) in [7, 11) is 2.98. The van der Waals surface area contributed by atoms with Crippen molar-refractivity contribution in [2.24, 2.45) is 16.2 Å². The number of carbonyl (C=O) groups excluding carboxylic acids is 1. The lowest BCUT2D eigenvalue weighted by molar-refractivity contribution is -0.114. The molecule has 3 rings (SSSR count). The second-order valence-electron chi connectivity index (χ2n) is 7.20. The van der Waals surface area contributed by atoms with Crippen molar-refractivity contribution in [2.45, 2.75) is 33.3 Å². The Morgan fingerprint density at radius 2 is 1.90 bits per heavy atom. The van der Waals surface area contributed by atoms with Crippen LogP contribution < -0.4 is 5.32 Å². The normalized spacial score (nSPS) is 14.5. The second-order valence-corrected chi connectivity index (χ2v) is 7.20. The molecule has 0 unspecified atom stereocenters. The fraction of sp³-hybridized carbons (Fsp3) is 0.348. The van der Waals surface area contributed by atoms with Crippen LogP contribution in [-0.2, 0) is 21.1 Å². The Kier molecular flexibility index (Phi) is 6.65. The summed E-state index contributed by atoms with van der Waals surface area (Å²) in [5.74, 6) is 0.130. The molecular formula is C23H27N3O3. The summed E-state index contributed by atoms with van der Waals surface area (Å²) < 4.78 is 0. The number of oxime groups is 2. The zero-order valence-corrected chi connectivity index (χ0v) is 17.4. The van der Waals surface area contributed by atoms with Crippen LogP contribution >= 0.6 is 0 Å². The van der Waals surface area contributed by atoms with Gasteiger partial charge in [0.1, 0.15) is 13.7 Å². The molecule has 0 atom stereocenters. The van der Waals surface area contributed by atoms with Crippen LogP contribution in [0.25, 0.3) is 0 Å². The van der Waals surface area contributed by atoms with Crippen molar-refractivity contribution in [3.8, 4) is 0 Å². The van der Waals surface area contributed by atoms with Gasteiger partial charge in [0.2, 0.25) is 0 Å². The molecular weight excluding hydrogens is 366 g/mol. The SMILES string of the molecule is CNC(=O)/C(=N/OC)c1cccc(C)c1CO/N=C(/c1cccc(C)c1)C1CC1. The Morgan fingerprint density at radius 1 is 1.14 bits per heavy atom. The molecule has 2 aromatic carbocycles. The molecule has 0 spiro atoms. The molecule has 6 nitrogen and oxygen atoms in total. The first-order chi connectivity index (χ1) is 14.0. The quantitative estimate of drug-likeness (QED) is 0.549. The van der Waals surface area contributed by atoms with E-state index in [-0.39, 0.29) is 18.2 Å². The first-order valence-corrected chi connectivity index (χ1v) is 9.74. The zero-order valence-electron chi connectivity index (χ0n) is 17.4. The first kappa shape index (κ1) is 20.6. The summed E-state index contributed by atoms with van der Waals surface area (Å²) in [6.07, 6.45) is 2.26. The van der Waals surface area contributed by atoms with Gasteiger partial charge in [0.05, 0.1) is 5.71 Å². The molecule has 0 bridgehead atoms. The van der Waals surface area contributed by atoms with Crippen molar-refractivity contribution >= 4 is 17.3 Å². The zero-order chi connectivity index (χ0) is 20.8. The van der Waals surface area contributed by atoms with Gasteiger partial charge in [-0.1, -0.05) is 58.3 Å². The van der Waals surface area contributed by atoms with E-state index < -0.39 is 0 Å². The molecule has 152 valence electrons. The summed E-state index contributed by atoms with van der Waals surface area (Å²) in [4.78, 5) is 23.0. The van der Waals surface area contributed by atoms with E-state index in [0.29, 0.717) is 11.5 Å². The number of carbonyl (C=O) groups is 1. The lowest BCUT2D eigenvalue weighted by atomic mass is 9.98. The lowest BCUT2D eigenvalue weighted by Crippen LogP contribution is -2.29. The van der Waals surface area contributed by atoms with E-state index in [0.717, 1.165) is 35.2 Å². The predicted molar refractivity (Wildman–Crippen MR) is 114 cm³/mol. The Bertz CT molecular complexity index is 946. The molecule has 1 fully saturated rings. The third-order valence-electron chi connectivity index (χ3n) is 4.94.